The molecule has 2 heteroatoms. The lowest BCUT2D eigenvalue weighted by atomic mass is 9.74. The quantitative estimate of drug-likeness (QED) is 0.714. The van der Waals surface area contributed by atoms with Gasteiger partial charge in [0.1, 0.15) is 0 Å². The van der Waals surface area contributed by atoms with Crippen molar-refractivity contribution in [3.05, 3.63) is 35.4 Å². The van der Waals surface area contributed by atoms with Crippen LogP contribution in [0.3, 0.4) is 0 Å². The molecule has 2 saturated heterocycles. The Balaban J connectivity index is 1.52. The predicted molar refractivity (Wildman–Crippen MR) is 78.3 cm³/mol. The first-order valence-electron chi connectivity index (χ1n) is 8.39. The number of rotatable bonds is 0. The van der Waals surface area contributed by atoms with E-state index in [0.717, 1.165) is 18.4 Å². The summed E-state index contributed by atoms with van der Waals surface area (Å²) in [5.74, 6) is 1.69. The highest BCUT2D eigenvalue weighted by Crippen LogP contribution is 2.53. The monoisotopic (exact) mass is 269 g/mol. The van der Waals surface area contributed by atoms with Gasteiger partial charge in [-0.1, -0.05) is 37.1 Å². The summed E-state index contributed by atoms with van der Waals surface area (Å²) in [6.45, 7) is 2.41. The molecule has 5 atom stereocenters. The number of benzene rings is 1. The molecule has 5 rings (SSSR count). The normalized spacial score (nSPS) is 42.7. The minimum atomic E-state index is 0.473. The smallest absolute Gasteiger partial charge is 0.0808 e. The van der Waals surface area contributed by atoms with Crippen LogP contribution >= 0.6 is 0 Å². The van der Waals surface area contributed by atoms with Crippen LogP contribution in [0, 0.1) is 11.8 Å². The zero-order valence-electron chi connectivity index (χ0n) is 12.0. The molecule has 0 N–H and O–H groups in total. The second kappa shape index (κ2) is 4.32. The molecule has 0 radical (unpaired) electrons. The van der Waals surface area contributed by atoms with E-state index in [1.807, 2.05) is 0 Å². The fourth-order valence-corrected chi connectivity index (χ4v) is 5.42. The summed E-state index contributed by atoms with van der Waals surface area (Å²) in [7, 11) is 0. The second-order valence-electron chi connectivity index (χ2n) is 7.15. The molecule has 1 aliphatic carbocycles. The Morgan fingerprint density at radius 1 is 1.00 bits per heavy atom. The molecule has 0 bridgehead atoms. The van der Waals surface area contributed by atoms with Crippen molar-refractivity contribution in [2.24, 2.45) is 11.8 Å². The third-order valence-electron chi connectivity index (χ3n) is 6.26. The summed E-state index contributed by atoms with van der Waals surface area (Å²) in [5.41, 5.74) is 3.09. The van der Waals surface area contributed by atoms with Gasteiger partial charge in [-0.2, -0.15) is 0 Å². The average molecular weight is 269 g/mol. The first-order chi connectivity index (χ1) is 9.92. The van der Waals surface area contributed by atoms with Crippen LogP contribution in [0.1, 0.15) is 49.3 Å². The first kappa shape index (κ1) is 11.8. The molecule has 4 unspecified atom stereocenters. The van der Waals surface area contributed by atoms with Crippen LogP contribution < -0.4 is 0 Å². The Kier molecular flexibility index (Phi) is 2.54. The van der Waals surface area contributed by atoms with Crippen LogP contribution in [-0.2, 0) is 11.3 Å². The minimum Gasteiger partial charge on any atom is -0.372 e. The molecular weight excluding hydrogens is 246 g/mol. The van der Waals surface area contributed by atoms with Crippen molar-refractivity contribution in [1.29, 1.82) is 0 Å². The summed E-state index contributed by atoms with van der Waals surface area (Å²) in [4.78, 5) is 2.67. The summed E-state index contributed by atoms with van der Waals surface area (Å²) in [6.07, 6.45) is 7.94. The molecule has 3 aliphatic heterocycles. The summed E-state index contributed by atoms with van der Waals surface area (Å²) in [6, 6.07) is 9.59. The van der Waals surface area contributed by atoms with Gasteiger partial charge in [0, 0.05) is 6.54 Å². The lowest BCUT2D eigenvalue weighted by molar-refractivity contribution is -0.0474. The maximum Gasteiger partial charge on any atom is 0.0808 e. The van der Waals surface area contributed by atoms with E-state index in [-0.39, 0.29) is 0 Å². The van der Waals surface area contributed by atoms with Gasteiger partial charge in [-0.3, -0.25) is 4.90 Å². The SMILES string of the molecule is c1ccc2c(c1)CN1CCC3C4CCCCC4OC3[C@H]21. The van der Waals surface area contributed by atoms with Crippen LogP contribution in [0.15, 0.2) is 24.3 Å². The predicted octanol–water partition coefficient (Wildman–Crippen LogP) is 3.52. The highest BCUT2D eigenvalue weighted by Gasteiger charge is 2.53. The summed E-state index contributed by atoms with van der Waals surface area (Å²) in [5, 5.41) is 0. The maximum absolute atomic E-state index is 6.60. The van der Waals surface area contributed by atoms with Crippen molar-refractivity contribution in [2.75, 3.05) is 6.54 Å². The number of hydrogen-bond donors (Lipinski definition) is 0. The molecule has 3 fully saturated rings. The largest absolute Gasteiger partial charge is 0.372 e. The number of fused-ring (bicyclic) bond motifs is 7. The third-order valence-corrected chi connectivity index (χ3v) is 6.26. The third kappa shape index (κ3) is 1.52. The average Bonchev–Trinajstić information content (AvgIpc) is 3.04. The topological polar surface area (TPSA) is 12.5 Å². The van der Waals surface area contributed by atoms with E-state index < -0.39 is 0 Å². The Labute approximate surface area is 121 Å². The summed E-state index contributed by atoms with van der Waals surface area (Å²) < 4.78 is 6.60. The van der Waals surface area contributed by atoms with Crippen LogP contribution in [0.5, 0.6) is 0 Å². The van der Waals surface area contributed by atoms with E-state index in [1.165, 1.54) is 44.2 Å². The van der Waals surface area contributed by atoms with E-state index in [2.05, 4.69) is 29.2 Å². The molecule has 1 aromatic rings. The van der Waals surface area contributed by atoms with Crippen molar-refractivity contribution in [3.63, 3.8) is 0 Å². The van der Waals surface area contributed by atoms with Crippen molar-refractivity contribution in [3.8, 4) is 0 Å². The highest BCUT2D eigenvalue weighted by atomic mass is 16.5. The molecule has 0 aromatic heterocycles. The maximum atomic E-state index is 6.60. The van der Waals surface area contributed by atoms with E-state index >= 15 is 0 Å². The van der Waals surface area contributed by atoms with Gasteiger partial charge >= 0.3 is 0 Å². The zero-order chi connectivity index (χ0) is 13.1. The van der Waals surface area contributed by atoms with E-state index in [0.29, 0.717) is 18.2 Å². The molecule has 20 heavy (non-hydrogen) atoms. The van der Waals surface area contributed by atoms with Gasteiger partial charge in [-0.15, -0.1) is 0 Å². The number of hydrogen-bond acceptors (Lipinski definition) is 2. The Hall–Kier alpha value is -0.860. The van der Waals surface area contributed by atoms with E-state index in [9.17, 15) is 0 Å². The molecule has 3 heterocycles. The molecule has 0 amide bonds. The van der Waals surface area contributed by atoms with Crippen LogP contribution in [0.2, 0.25) is 0 Å². The van der Waals surface area contributed by atoms with Gasteiger partial charge in [-0.25, -0.2) is 0 Å². The van der Waals surface area contributed by atoms with Gasteiger partial charge < -0.3 is 4.74 Å². The van der Waals surface area contributed by atoms with Crippen molar-refractivity contribution >= 4 is 0 Å². The van der Waals surface area contributed by atoms with E-state index in [1.54, 1.807) is 5.56 Å². The Bertz CT molecular complexity index is 528. The molecule has 2 nitrogen and oxygen atoms in total. The molecule has 0 spiro atoms. The van der Waals surface area contributed by atoms with E-state index in [4.69, 9.17) is 4.74 Å². The second-order valence-corrected chi connectivity index (χ2v) is 7.15. The molecule has 4 aliphatic rings. The Morgan fingerprint density at radius 2 is 1.90 bits per heavy atom. The molecule has 1 saturated carbocycles. The van der Waals surface area contributed by atoms with Crippen molar-refractivity contribution in [1.82, 2.24) is 4.90 Å². The van der Waals surface area contributed by atoms with Gasteiger partial charge in [0.25, 0.3) is 0 Å². The van der Waals surface area contributed by atoms with Gasteiger partial charge in [0.15, 0.2) is 0 Å². The summed E-state index contributed by atoms with van der Waals surface area (Å²) >= 11 is 0. The lowest BCUT2D eigenvalue weighted by Gasteiger charge is -2.39. The van der Waals surface area contributed by atoms with Crippen molar-refractivity contribution in [2.45, 2.75) is 56.9 Å². The molecular formula is C18H23NO. The lowest BCUT2D eigenvalue weighted by Crippen LogP contribution is -2.42. The van der Waals surface area contributed by atoms with Gasteiger partial charge in [0.2, 0.25) is 0 Å². The minimum absolute atomic E-state index is 0.473. The van der Waals surface area contributed by atoms with Crippen LogP contribution in [0.4, 0.5) is 0 Å². The standard InChI is InChI=1S/C18H23NO/c1-2-6-13-12(5-1)11-19-10-9-15-14-7-3-4-8-16(14)20-18(15)17(13)19/h1-2,5-6,14-18H,3-4,7-11H2/t14?,15?,16?,17-,18?/m0/s1. The number of piperidine rings is 1. The highest BCUT2D eigenvalue weighted by molar-refractivity contribution is 5.36. The fourth-order valence-electron chi connectivity index (χ4n) is 5.42. The molecule has 106 valence electrons. The Morgan fingerprint density at radius 3 is 2.90 bits per heavy atom. The van der Waals surface area contributed by atoms with Gasteiger partial charge in [-0.05, 0) is 48.8 Å². The van der Waals surface area contributed by atoms with Gasteiger partial charge in [0.05, 0.1) is 18.2 Å². The van der Waals surface area contributed by atoms with Crippen LogP contribution in [0.25, 0.3) is 0 Å². The molecule has 1 aromatic carbocycles. The first-order valence-corrected chi connectivity index (χ1v) is 8.39. The zero-order valence-corrected chi connectivity index (χ0v) is 12.0. The van der Waals surface area contributed by atoms with Crippen molar-refractivity contribution < 1.29 is 4.74 Å². The van der Waals surface area contributed by atoms with Crippen LogP contribution in [-0.4, -0.2) is 23.7 Å². The fraction of sp³-hybridized carbons (Fsp3) is 0.667. The number of ether oxygens (including phenoxy) is 1. The number of nitrogens with zero attached hydrogens (tertiary/aromatic N) is 1.